The van der Waals surface area contributed by atoms with Gasteiger partial charge in [0.1, 0.15) is 17.7 Å². The lowest BCUT2D eigenvalue weighted by Crippen LogP contribution is -2.56. The van der Waals surface area contributed by atoms with E-state index in [0.717, 1.165) is 22.4 Å². The molecule has 3 heterocycles. The molecule has 2 aromatic carbocycles. The zero-order chi connectivity index (χ0) is 33.8. The Balaban J connectivity index is 1.31. The van der Waals surface area contributed by atoms with Gasteiger partial charge < -0.3 is 24.6 Å². The number of imide groups is 1. The van der Waals surface area contributed by atoms with Crippen LogP contribution in [-0.4, -0.2) is 77.3 Å². The van der Waals surface area contributed by atoms with E-state index in [2.05, 4.69) is 5.32 Å². The molecular weight excluding hydrogens is 622 g/mol. The summed E-state index contributed by atoms with van der Waals surface area (Å²) in [5.74, 6) is -1.13. The molecule has 2 saturated heterocycles. The highest BCUT2D eigenvalue weighted by Crippen LogP contribution is 2.50. The topological polar surface area (TPSA) is 106 Å². The summed E-state index contributed by atoms with van der Waals surface area (Å²) in [4.78, 5) is 43.7. The smallest absolute Gasteiger partial charge is 0.430 e. The number of hydrogen-bond acceptors (Lipinski definition) is 6. The molecule has 2 N–H and O–H groups in total. The van der Waals surface area contributed by atoms with E-state index in [1.54, 1.807) is 43.0 Å². The molecule has 5 rings (SSSR count). The number of urea groups is 1. The number of furan rings is 1. The van der Waals surface area contributed by atoms with Crippen LogP contribution in [0.15, 0.2) is 53.1 Å². The summed E-state index contributed by atoms with van der Waals surface area (Å²) >= 11 is 0. The number of alkyl halides is 6. The molecule has 248 valence electrons. The van der Waals surface area contributed by atoms with Crippen LogP contribution in [0.4, 0.5) is 36.8 Å². The molecule has 15 heteroatoms. The highest BCUT2D eigenvalue weighted by Gasteiger charge is 2.71. The molecule has 9 nitrogen and oxygen atoms in total. The monoisotopic (exact) mass is 654 g/mol. The molecule has 0 bridgehead atoms. The molecular formula is C31H32F6N4O5. The van der Waals surface area contributed by atoms with E-state index in [-0.39, 0.29) is 31.6 Å². The average Bonchev–Trinajstić information content (AvgIpc) is 3.54. The van der Waals surface area contributed by atoms with Crippen molar-refractivity contribution in [3.8, 4) is 0 Å². The number of nitrogens with zero attached hydrogens (tertiary/aromatic N) is 3. The molecule has 0 spiro atoms. The van der Waals surface area contributed by atoms with Crippen molar-refractivity contribution in [1.29, 1.82) is 0 Å². The van der Waals surface area contributed by atoms with Crippen molar-refractivity contribution < 1.29 is 50.2 Å². The second-order valence-corrected chi connectivity index (χ2v) is 11.8. The quantitative estimate of drug-likeness (QED) is 0.268. The predicted octanol–water partition coefficient (Wildman–Crippen LogP) is 5.20. The predicted molar refractivity (Wildman–Crippen MR) is 154 cm³/mol. The number of carbonyl (C=O) groups excluding carboxylic acids is 3. The molecule has 2 aliphatic heterocycles. The van der Waals surface area contributed by atoms with Crippen molar-refractivity contribution in [1.82, 2.24) is 15.1 Å². The van der Waals surface area contributed by atoms with Gasteiger partial charge >= 0.3 is 18.4 Å². The van der Waals surface area contributed by atoms with Gasteiger partial charge in [-0.2, -0.15) is 26.3 Å². The minimum Gasteiger partial charge on any atom is -0.464 e. The maximum atomic E-state index is 13.5. The minimum absolute atomic E-state index is 0.108. The van der Waals surface area contributed by atoms with Gasteiger partial charge in [-0.1, -0.05) is 37.6 Å². The normalized spacial score (nSPS) is 21.3. The first-order valence-electron chi connectivity index (χ1n) is 14.6. The number of fused-ring (bicyclic) bond motifs is 1. The van der Waals surface area contributed by atoms with Gasteiger partial charge in [-0.15, -0.1) is 0 Å². The number of nitrogens with one attached hydrogen (secondary N) is 1. The maximum absolute atomic E-state index is 13.5. The zero-order valence-electron chi connectivity index (χ0n) is 25.1. The Bertz CT molecular complexity index is 1660. The standard InChI is InChI=1S/C31H32F6N4O5/c1-4-5-20-14-22(29(45,30(32,33)34)31(35,36)37)8-9-23(20)40-12-11-39(16-18(40)2)25(42)17-41-26(43)28(3,38-27(41)44)21-7-6-19-10-13-46-24(19)15-21/h6-10,13-15,18,45H,4-5,11-12,16-17H2,1-3H3,(H,38,44). The molecule has 4 amide bonds. The third kappa shape index (κ3) is 5.43. The number of hydrogen-bond donors (Lipinski definition) is 2. The number of halogens is 6. The molecule has 0 radical (unpaired) electrons. The van der Waals surface area contributed by atoms with Crippen molar-refractivity contribution >= 4 is 34.5 Å². The summed E-state index contributed by atoms with van der Waals surface area (Å²) in [5, 5.41) is 13.4. The molecule has 2 unspecified atom stereocenters. The van der Waals surface area contributed by atoms with Gasteiger partial charge in [0, 0.05) is 42.3 Å². The van der Waals surface area contributed by atoms with Gasteiger partial charge in [-0.05, 0) is 49.6 Å². The number of anilines is 1. The highest BCUT2D eigenvalue weighted by atomic mass is 19.4. The summed E-state index contributed by atoms with van der Waals surface area (Å²) in [6.07, 6.45) is -9.97. The van der Waals surface area contributed by atoms with Crippen LogP contribution in [0.1, 0.15) is 43.9 Å². The number of piperazine rings is 1. The largest absolute Gasteiger partial charge is 0.464 e. The van der Waals surface area contributed by atoms with Gasteiger partial charge in [0.2, 0.25) is 5.91 Å². The first-order valence-corrected chi connectivity index (χ1v) is 14.6. The molecule has 2 aliphatic rings. The third-order valence-electron chi connectivity index (χ3n) is 8.73. The Morgan fingerprint density at radius 3 is 2.37 bits per heavy atom. The highest BCUT2D eigenvalue weighted by molar-refractivity contribution is 6.09. The van der Waals surface area contributed by atoms with Crippen LogP contribution in [-0.2, 0) is 27.1 Å². The zero-order valence-corrected chi connectivity index (χ0v) is 25.1. The Hall–Kier alpha value is -4.27. The molecule has 0 aliphatic carbocycles. The van der Waals surface area contributed by atoms with Crippen molar-refractivity contribution in [2.24, 2.45) is 0 Å². The van der Waals surface area contributed by atoms with Crippen LogP contribution in [0, 0.1) is 0 Å². The van der Waals surface area contributed by atoms with Gasteiger partial charge in [0.15, 0.2) is 0 Å². The molecule has 2 atom stereocenters. The van der Waals surface area contributed by atoms with Crippen LogP contribution < -0.4 is 10.2 Å². The Morgan fingerprint density at radius 1 is 1.04 bits per heavy atom. The van der Waals surface area contributed by atoms with E-state index < -0.39 is 59.5 Å². The SMILES string of the molecule is CCCc1cc(C(O)(C(F)(F)F)C(F)(F)F)ccc1N1CCN(C(=O)CN2C(=O)NC(C)(c3ccc4ccoc4c3)C2=O)CC1C. The van der Waals surface area contributed by atoms with Crippen molar-refractivity contribution in [3.05, 3.63) is 65.4 Å². The summed E-state index contributed by atoms with van der Waals surface area (Å²) in [7, 11) is 0. The van der Waals surface area contributed by atoms with E-state index in [4.69, 9.17) is 4.42 Å². The molecule has 46 heavy (non-hydrogen) atoms. The lowest BCUT2D eigenvalue weighted by atomic mass is 9.89. The number of benzene rings is 2. The summed E-state index contributed by atoms with van der Waals surface area (Å²) < 4.78 is 86.6. The summed E-state index contributed by atoms with van der Waals surface area (Å²) in [5.41, 5.74) is -6.24. The van der Waals surface area contributed by atoms with Gasteiger partial charge in [0.25, 0.3) is 11.5 Å². The fourth-order valence-electron chi connectivity index (χ4n) is 6.13. The lowest BCUT2D eigenvalue weighted by Gasteiger charge is -2.42. The Labute approximate surface area is 259 Å². The second-order valence-electron chi connectivity index (χ2n) is 11.8. The number of amides is 4. The number of aliphatic hydroxyl groups is 1. The van der Waals surface area contributed by atoms with Crippen molar-refractivity contribution in [3.63, 3.8) is 0 Å². The van der Waals surface area contributed by atoms with Crippen molar-refractivity contribution in [2.75, 3.05) is 31.1 Å². The Kier molecular flexibility index (Phi) is 8.28. The Morgan fingerprint density at radius 2 is 1.74 bits per heavy atom. The fourth-order valence-corrected chi connectivity index (χ4v) is 6.13. The molecule has 3 aromatic rings. The first-order chi connectivity index (χ1) is 21.4. The number of carbonyl (C=O) groups is 3. The van der Waals surface area contributed by atoms with Crippen LogP contribution in [0.2, 0.25) is 0 Å². The average molecular weight is 655 g/mol. The lowest BCUT2D eigenvalue weighted by molar-refractivity contribution is -0.376. The van der Waals surface area contributed by atoms with Crippen LogP contribution in [0.5, 0.6) is 0 Å². The van der Waals surface area contributed by atoms with Gasteiger partial charge in [-0.3, -0.25) is 14.5 Å². The third-order valence-corrected chi connectivity index (χ3v) is 8.73. The molecule has 0 saturated carbocycles. The van der Waals surface area contributed by atoms with E-state index in [1.807, 2.05) is 0 Å². The van der Waals surface area contributed by atoms with E-state index in [1.165, 1.54) is 18.1 Å². The molecule has 1 aromatic heterocycles. The van der Waals surface area contributed by atoms with E-state index >= 15 is 0 Å². The van der Waals surface area contributed by atoms with E-state index in [0.29, 0.717) is 29.3 Å². The van der Waals surface area contributed by atoms with Crippen LogP contribution in [0.25, 0.3) is 11.0 Å². The summed E-state index contributed by atoms with van der Waals surface area (Å²) in [6.45, 7) is 4.85. The van der Waals surface area contributed by atoms with E-state index in [9.17, 15) is 45.8 Å². The minimum atomic E-state index is -6.01. The van der Waals surface area contributed by atoms with Gasteiger partial charge in [-0.25, -0.2) is 4.79 Å². The number of rotatable bonds is 7. The molecule has 2 fully saturated rings. The van der Waals surface area contributed by atoms with Crippen LogP contribution in [0.3, 0.4) is 0 Å². The first kappa shape index (κ1) is 33.1. The maximum Gasteiger partial charge on any atom is 0.430 e. The summed E-state index contributed by atoms with van der Waals surface area (Å²) in [6, 6.07) is 8.15. The van der Waals surface area contributed by atoms with Crippen molar-refractivity contribution in [2.45, 2.75) is 63.1 Å². The van der Waals surface area contributed by atoms with Crippen LogP contribution >= 0.6 is 0 Å². The second kappa shape index (κ2) is 11.5. The number of aryl methyl sites for hydroxylation is 1. The van der Waals surface area contributed by atoms with Gasteiger partial charge in [0.05, 0.1) is 6.26 Å². The fraction of sp³-hybridized carbons (Fsp3) is 0.452.